The molecule has 1 rings (SSSR count). The quantitative estimate of drug-likeness (QED) is 0.464. The summed E-state index contributed by atoms with van der Waals surface area (Å²) >= 11 is 4.14. The summed E-state index contributed by atoms with van der Waals surface area (Å²) < 4.78 is 0. The van der Waals surface area contributed by atoms with Crippen molar-refractivity contribution >= 4 is 18.5 Å². The van der Waals surface area contributed by atoms with Crippen molar-refractivity contribution in [3.63, 3.8) is 0 Å². The number of thiol groups is 1. The molecule has 1 aliphatic rings. The number of amides is 1. The maximum atomic E-state index is 10.5. The standard InChI is InChI=1S/C5H9NOS/c1-4(7)6-2-5(8)3-6/h5,8H,2-3H2,1H3. The van der Waals surface area contributed by atoms with E-state index in [9.17, 15) is 4.79 Å². The van der Waals surface area contributed by atoms with Gasteiger partial charge in [0.25, 0.3) is 0 Å². The van der Waals surface area contributed by atoms with E-state index in [4.69, 9.17) is 0 Å². The van der Waals surface area contributed by atoms with Crippen LogP contribution in [0.25, 0.3) is 0 Å². The van der Waals surface area contributed by atoms with E-state index in [1.807, 2.05) is 0 Å². The van der Waals surface area contributed by atoms with Crippen molar-refractivity contribution in [1.82, 2.24) is 4.90 Å². The summed E-state index contributed by atoms with van der Waals surface area (Å²) in [4.78, 5) is 12.2. The second-order valence-electron chi connectivity index (χ2n) is 2.08. The van der Waals surface area contributed by atoms with Crippen LogP contribution in [0.4, 0.5) is 0 Å². The van der Waals surface area contributed by atoms with Crippen LogP contribution in [0, 0.1) is 0 Å². The lowest BCUT2D eigenvalue weighted by atomic mass is 10.2. The van der Waals surface area contributed by atoms with Crippen LogP contribution in [0.5, 0.6) is 0 Å². The Morgan fingerprint density at radius 1 is 1.75 bits per heavy atom. The third kappa shape index (κ3) is 0.968. The zero-order valence-electron chi connectivity index (χ0n) is 4.79. The van der Waals surface area contributed by atoms with Gasteiger partial charge in [-0.2, -0.15) is 12.6 Å². The van der Waals surface area contributed by atoms with Crippen LogP contribution in [0.2, 0.25) is 0 Å². The Hall–Kier alpha value is -0.180. The fourth-order valence-electron chi connectivity index (χ4n) is 0.712. The van der Waals surface area contributed by atoms with Gasteiger partial charge in [0.15, 0.2) is 0 Å². The summed E-state index contributed by atoms with van der Waals surface area (Å²) in [7, 11) is 0. The molecule has 1 heterocycles. The molecule has 0 unspecified atom stereocenters. The van der Waals surface area contributed by atoms with E-state index in [0.717, 1.165) is 13.1 Å². The summed E-state index contributed by atoms with van der Waals surface area (Å²) in [6, 6.07) is 0. The predicted molar refractivity (Wildman–Crippen MR) is 35.0 cm³/mol. The lowest BCUT2D eigenvalue weighted by Crippen LogP contribution is -2.50. The molecule has 0 bridgehead atoms. The van der Waals surface area contributed by atoms with Crippen LogP contribution in [0.3, 0.4) is 0 Å². The summed E-state index contributed by atoms with van der Waals surface area (Å²) in [5.74, 6) is 0.162. The maximum Gasteiger partial charge on any atom is 0.219 e. The van der Waals surface area contributed by atoms with E-state index < -0.39 is 0 Å². The van der Waals surface area contributed by atoms with Gasteiger partial charge in [-0.1, -0.05) is 0 Å². The van der Waals surface area contributed by atoms with E-state index >= 15 is 0 Å². The summed E-state index contributed by atoms with van der Waals surface area (Å²) in [6.45, 7) is 3.25. The molecule has 0 aromatic carbocycles. The van der Waals surface area contributed by atoms with E-state index in [-0.39, 0.29) is 5.91 Å². The molecule has 3 heteroatoms. The number of carbonyl (C=O) groups excluding carboxylic acids is 1. The van der Waals surface area contributed by atoms with Crippen LogP contribution in [0.1, 0.15) is 6.92 Å². The van der Waals surface area contributed by atoms with Crippen molar-refractivity contribution < 1.29 is 4.79 Å². The minimum absolute atomic E-state index is 0.162. The molecule has 0 spiro atoms. The van der Waals surface area contributed by atoms with Gasteiger partial charge in [-0.15, -0.1) is 0 Å². The van der Waals surface area contributed by atoms with Gasteiger partial charge >= 0.3 is 0 Å². The van der Waals surface area contributed by atoms with Gasteiger partial charge in [-0.3, -0.25) is 4.79 Å². The highest BCUT2D eigenvalue weighted by Crippen LogP contribution is 2.12. The van der Waals surface area contributed by atoms with Crippen LogP contribution in [-0.4, -0.2) is 29.1 Å². The molecule has 46 valence electrons. The number of hydrogen-bond acceptors (Lipinski definition) is 2. The second-order valence-corrected chi connectivity index (χ2v) is 2.81. The van der Waals surface area contributed by atoms with Crippen molar-refractivity contribution in [3.05, 3.63) is 0 Å². The van der Waals surface area contributed by atoms with E-state index in [2.05, 4.69) is 12.6 Å². The molecule has 0 saturated carbocycles. The van der Waals surface area contributed by atoms with E-state index in [1.165, 1.54) is 0 Å². The van der Waals surface area contributed by atoms with Gasteiger partial charge in [0.05, 0.1) is 0 Å². The normalized spacial score (nSPS) is 20.5. The molecule has 1 saturated heterocycles. The Labute approximate surface area is 54.3 Å². The molecule has 0 aliphatic carbocycles. The first kappa shape index (κ1) is 5.95. The molecule has 1 fully saturated rings. The minimum Gasteiger partial charge on any atom is -0.341 e. The molecule has 2 nitrogen and oxygen atoms in total. The molecular weight excluding hydrogens is 122 g/mol. The molecule has 0 N–H and O–H groups in total. The molecule has 0 atom stereocenters. The Kier molecular flexibility index (Phi) is 1.47. The van der Waals surface area contributed by atoms with Gasteiger partial charge in [0.2, 0.25) is 5.91 Å². The van der Waals surface area contributed by atoms with Gasteiger partial charge in [0.1, 0.15) is 0 Å². The van der Waals surface area contributed by atoms with Crippen molar-refractivity contribution in [2.75, 3.05) is 13.1 Å². The molecule has 1 amide bonds. The molecule has 8 heavy (non-hydrogen) atoms. The smallest absolute Gasteiger partial charge is 0.219 e. The van der Waals surface area contributed by atoms with E-state index in [1.54, 1.807) is 11.8 Å². The second kappa shape index (κ2) is 1.97. The topological polar surface area (TPSA) is 20.3 Å². The zero-order valence-corrected chi connectivity index (χ0v) is 5.69. The van der Waals surface area contributed by atoms with E-state index in [0.29, 0.717) is 5.25 Å². The predicted octanol–water partition coefficient (Wildman–Crippen LogP) is 0.147. The SMILES string of the molecule is CC(=O)N1CC(S)C1. The lowest BCUT2D eigenvalue weighted by molar-refractivity contribution is -0.131. The Balaban J connectivity index is 2.25. The number of hydrogen-bond donors (Lipinski definition) is 1. The van der Waals surface area contributed by atoms with Crippen molar-refractivity contribution in [2.45, 2.75) is 12.2 Å². The highest BCUT2D eigenvalue weighted by molar-refractivity contribution is 7.81. The average molecular weight is 131 g/mol. The maximum absolute atomic E-state index is 10.5. The van der Waals surface area contributed by atoms with Crippen LogP contribution in [0.15, 0.2) is 0 Å². The van der Waals surface area contributed by atoms with Crippen LogP contribution >= 0.6 is 12.6 Å². The first-order valence-electron chi connectivity index (χ1n) is 2.63. The first-order chi connectivity index (χ1) is 3.70. The lowest BCUT2D eigenvalue weighted by Gasteiger charge is -2.35. The third-order valence-corrected chi connectivity index (χ3v) is 1.63. The average Bonchev–Trinajstić information content (AvgIpc) is 1.57. The highest BCUT2D eigenvalue weighted by atomic mass is 32.1. The Morgan fingerprint density at radius 2 is 2.25 bits per heavy atom. The largest absolute Gasteiger partial charge is 0.341 e. The molecular formula is C5H9NOS. The van der Waals surface area contributed by atoms with Gasteiger partial charge in [-0.25, -0.2) is 0 Å². The van der Waals surface area contributed by atoms with Crippen molar-refractivity contribution in [2.24, 2.45) is 0 Å². The zero-order chi connectivity index (χ0) is 6.15. The summed E-state index contributed by atoms with van der Waals surface area (Å²) in [5, 5.41) is 0.430. The third-order valence-electron chi connectivity index (χ3n) is 1.31. The van der Waals surface area contributed by atoms with Gasteiger partial charge in [-0.05, 0) is 0 Å². The first-order valence-corrected chi connectivity index (χ1v) is 3.15. The fourth-order valence-corrected chi connectivity index (χ4v) is 1.11. The van der Waals surface area contributed by atoms with Gasteiger partial charge in [0, 0.05) is 25.3 Å². The molecule has 0 aromatic heterocycles. The number of nitrogens with zero attached hydrogens (tertiary/aromatic N) is 1. The van der Waals surface area contributed by atoms with Crippen molar-refractivity contribution in [3.8, 4) is 0 Å². The number of carbonyl (C=O) groups is 1. The fraction of sp³-hybridized carbons (Fsp3) is 0.800. The summed E-state index contributed by atoms with van der Waals surface area (Å²) in [5.41, 5.74) is 0. The van der Waals surface area contributed by atoms with Crippen molar-refractivity contribution in [1.29, 1.82) is 0 Å². The monoisotopic (exact) mass is 131 g/mol. The van der Waals surface area contributed by atoms with Gasteiger partial charge < -0.3 is 4.90 Å². The number of rotatable bonds is 0. The number of likely N-dealkylation sites (tertiary alicyclic amines) is 1. The summed E-state index contributed by atoms with van der Waals surface area (Å²) in [6.07, 6.45) is 0. The Bertz CT molecular complexity index is 109. The highest BCUT2D eigenvalue weighted by Gasteiger charge is 2.24. The minimum atomic E-state index is 0.162. The van der Waals surface area contributed by atoms with Crippen LogP contribution in [-0.2, 0) is 4.79 Å². The Morgan fingerprint density at radius 3 is 2.38 bits per heavy atom. The molecule has 0 radical (unpaired) electrons. The molecule has 1 aliphatic heterocycles. The van der Waals surface area contributed by atoms with Crippen LogP contribution < -0.4 is 0 Å². The molecule has 0 aromatic rings.